The van der Waals surface area contributed by atoms with Crippen molar-refractivity contribution in [3.8, 4) is 0 Å². The molecular weight excluding hydrogens is 202 g/mol. The van der Waals surface area contributed by atoms with Crippen LogP contribution in [0.25, 0.3) is 0 Å². The molecule has 0 amide bonds. The molecule has 3 aliphatic rings. The average Bonchev–Trinajstić information content (AvgIpc) is 2.74. The summed E-state index contributed by atoms with van der Waals surface area (Å²) in [5, 5.41) is 7.51. The zero-order valence-electron chi connectivity index (χ0n) is 9.78. The molecule has 1 aromatic rings. The third kappa shape index (κ3) is 1.99. The van der Waals surface area contributed by atoms with Crippen LogP contribution in [0.15, 0.2) is 10.6 Å². The Balaban J connectivity index is 1.55. The molecule has 4 heterocycles. The summed E-state index contributed by atoms with van der Waals surface area (Å²) in [5.74, 6) is 1.82. The first-order valence-corrected chi connectivity index (χ1v) is 6.19. The first-order chi connectivity index (χ1) is 7.81. The number of aryl methyl sites for hydroxylation is 1. The number of piperidine rings is 3. The van der Waals surface area contributed by atoms with E-state index < -0.39 is 0 Å². The van der Waals surface area contributed by atoms with Crippen molar-refractivity contribution >= 4 is 0 Å². The van der Waals surface area contributed by atoms with E-state index in [0.717, 1.165) is 23.9 Å². The van der Waals surface area contributed by atoms with E-state index in [1.807, 2.05) is 13.0 Å². The lowest BCUT2D eigenvalue weighted by Crippen LogP contribution is -2.55. The van der Waals surface area contributed by atoms with E-state index in [1.165, 1.54) is 32.5 Å². The van der Waals surface area contributed by atoms with E-state index in [1.54, 1.807) is 0 Å². The zero-order valence-corrected chi connectivity index (χ0v) is 9.78. The van der Waals surface area contributed by atoms with Crippen LogP contribution in [0, 0.1) is 12.8 Å². The molecule has 0 spiro atoms. The van der Waals surface area contributed by atoms with Crippen molar-refractivity contribution in [2.45, 2.75) is 32.4 Å². The number of hydrogen-bond acceptors (Lipinski definition) is 4. The van der Waals surface area contributed by atoms with Gasteiger partial charge in [0.05, 0.1) is 12.2 Å². The lowest BCUT2D eigenvalue weighted by Gasteiger charge is -2.45. The number of hydrogen-bond donors (Lipinski definition) is 1. The van der Waals surface area contributed by atoms with Crippen LogP contribution >= 0.6 is 0 Å². The van der Waals surface area contributed by atoms with Gasteiger partial charge in [0.25, 0.3) is 0 Å². The maximum atomic E-state index is 5.21. The minimum atomic E-state index is 0.646. The summed E-state index contributed by atoms with van der Waals surface area (Å²) < 4.78 is 5.21. The van der Waals surface area contributed by atoms with E-state index in [2.05, 4.69) is 15.4 Å². The second-order valence-corrected chi connectivity index (χ2v) is 5.06. The minimum Gasteiger partial charge on any atom is -0.360 e. The van der Waals surface area contributed by atoms with Crippen LogP contribution in [-0.4, -0.2) is 35.7 Å². The Labute approximate surface area is 96.0 Å². The molecule has 4 rings (SSSR count). The highest BCUT2D eigenvalue weighted by Crippen LogP contribution is 2.27. The van der Waals surface area contributed by atoms with Crippen molar-refractivity contribution in [2.24, 2.45) is 5.92 Å². The fourth-order valence-electron chi connectivity index (χ4n) is 2.93. The second-order valence-electron chi connectivity index (χ2n) is 5.06. The van der Waals surface area contributed by atoms with Crippen LogP contribution in [0.3, 0.4) is 0 Å². The molecule has 1 aromatic heterocycles. The monoisotopic (exact) mass is 221 g/mol. The highest BCUT2D eigenvalue weighted by molar-refractivity contribution is 5.03. The molecule has 16 heavy (non-hydrogen) atoms. The van der Waals surface area contributed by atoms with Gasteiger partial charge < -0.3 is 14.7 Å². The van der Waals surface area contributed by atoms with Gasteiger partial charge in [0.2, 0.25) is 0 Å². The number of fused-ring (bicyclic) bond motifs is 3. The minimum absolute atomic E-state index is 0.646. The molecule has 3 fully saturated rings. The van der Waals surface area contributed by atoms with Gasteiger partial charge in [-0.25, -0.2) is 0 Å². The molecule has 0 radical (unpaired) electrons. The van der Waals surface area contributed by atoms with Gasteiger partial charge in [-0.3, -0.25) is 0 Å². The lowest BCUT2D eigenvalue weighted by atomic mass is 9.84. The van der Waals surface area contributed by atoms with E-state index in [-0.39, 0.29) is 0 Å². The van der Waals surface area contributed by atoms with Gasteiger partial charge in [-0.2, -0.15) is 0 Å². The molecule has 0 aliphatic carbocycles. The molecule has 1 N–H and O–H groups in total. The fraction of sp³-hybridized carbons (Fsp3) is 0.750. The molecule has 1 atom stereocenters. The summed E-state index contributed by atoms with van der Waals surface area (Å²) in [4.78, 5) is 2.56. The van der Waals surface area contributed by atoms with Crippen LogP contribution < -0.4 is 5.32 Å². The molecule has 88 valence electrons. The largest absolute Gasteiger partial charge is 0.360 e. The van der Waals surface area contributed by atoms with Crippen molar-refractivity contribution < 1.29 is 4.52 Å². The van der Waals surface area contributed by atoms with E-state index in [0.29, 0.717) is 6.04 Å². The first kappa shape index (κ1) is 10.3. The Morgan fingerprint density at radius 3 is 2.88 bits per heavy atom. The topological polar surface area (TPSA) is 41.3 Å². The van der Waals surface area contributed by atoms with Crippen molar-refractivity contribution in [1.82, 2.24) is 15.4 Å². The van der Waals surface area contributed by atoms with Crippen LogP contribution in [-0.2, 0) is 6.54 Å². The van der Waals surface area contributed by atoms with Crippen molar-refractivity contribution in [3.63, 3.8) is 0 Å². The van der Waals surface area contributed by atoms with Gasteiger partial charge >= 0.3 is 0 Å². The predicted molar refractivity (Wildman–Crippen MR) is 61.0 cm³/mol. The second kappa shape index (κ2) is 4.18. The van der Waals surface area contributed by atoms with Gasteiger partial charge in [-0.1, -0.05) is 5.16 Å². The number of nitrogens with one attached hydrogen (secondary N) is 1. The number of aromatic nitrogens is 1. The lowest BCUT2D eigenvalue weighted by molar-refractivity contribution is 0.0708. The summed E-state index contributed by atoms with van der Waals surface area (Å²) in [5.41, 5.74) is 0.964. The molecule has 3 aliphatic heterocycles. The normalized spacial score (nSPS) is 33.2. The number of nitrogens with zero attached hydrogens (tertiary/aromatic N) is 2. The highest BCUT2D eigenvalue weighted by atomic mass is 16.5. The van der Waals surface area contributed by atoms with Crippen molar-refractivity contribution in [1.29, 1.82) is 0 Å². The third-order valence-corrected chi connectivity index (χ3v) is 3.87. The smallest absolute Gasteiger partial charge is 0.150 e. The van der Waals surface area contributed by atoms with Crippen LogP contribution in [0.5, 0.6) is 0 Å². The standard InChI is InChI=1S/C12H19N3O/c1-9-6-11(16-14-9)7-13-12-8-15-4-2-10(12)3-5-15/h6,10,12-13H,2-5,7-8H2,1H3. The van der Waals surface area contributed by atoms with Crippen LogP contribution in [0.1, 0.15) is 24.3 Å². The number of rotatable bonds is 3. The van der Waals surface area contributed by atoms with Gasteiger partial charge in [0.15, 0.2) is 5.76 Å². The molecule has 0 aromatic carbocycles. The zero-order chi connectivity index (χ0) is 11.0. The average molecular weight is 221 g/mol. The van der Waals surface area contributed by atoms with E-state index >= 15 is 0 Å². The Kier molecular flexibility index (Phi) is 2.69. The molecule has 1 unspecified atom stereocenters. The predicted octanol–water partition coefficient (Wildman–Crippen LogP) is 1.17. The van der Waals surface area contributed by atoms with E-state index in [4.69, 9.17) is 4.52 Å². The van der Waals surface area contributed by atoms with Gasteiger partial charge in [-0.05, 0) is 38.8 Å². The van der Waals surface area contributed by atoms with Gasteiger partial charge in [-0.15, -0.1) is 0 Å². The Morgan fingerprint density at radius 1 is 1.50 bits per heavy atom. The van der Waals surface area contributed by atoms with E-state index in [9.17, 15) is 0 Å². The maximum absolute atomic E-state index is 5.21. The quantitative estimate of drug-likeness (QED) is 0.832. The summed E-state index contributed by atoms with van der Waals surface area (Å²) in [7, 11) is 0. The summed E-state index contributed by atoms with van der Waals surface area (Å²) >= 11 is 0. The summed E-state index contributed by atoms with van der Waals surface area (Å²) in [6, 6.07) is 2.65. The Bertz CT molecular complexity index is 355. The maximum Gasteiger partial charge on any atom is 0.150 e. The third-order valence-electron chi connectivity index (χ3n) is 3.87. The molecular formula is C12H19N3O. The molecule has 4 heteroatoms. The first-order valence-electron chi connectivity index (χ1n) is 6.19. The van der Waals surface area contributed by atoms with Gasteiger partial charge in [0, 0.05) is 18.7 Å². The summed E-state index contributed by atoms with van der Waals surface area (Å²) in [6.07, 6.45) is 2.71. The van der Waals surface area contributed by atoms with Crippen molar-refractivity contribution in [2.75, 3.05) is 19.6 Å². The Hall–Kier alpha value is -0.870. The molecule has 0 saturated carbocycles. The summed E-state index contributed by atoms with van der Waals surface area (Å²) in [6.45, 7) is 6.57. The van der Waals surface area contributed by atoms with Crippen molar-refractivity contribution in [3.05, 3.63) is 17.5 Å². The fourth-order valence-corrected chi connectivity index (χ4v) is 2.93. The molecule has 2 bridgehead atoms. The molecule has 3 saturated heterocycles. The SMILES string of the molecule is Cc1cc(CNC2CN3CCC2CC3)on1. The Morgan fingerprint density at radius 2 is 2.31 bits per heavy atom. The van der Waals surface area contributed by atoms with Gasteiger partial charge in [0.1, 0.15) is 0 Å². The van der Waals surface area contributed by atoms with Crippen LogP contribution in [0.2, 0.25) is 0 Å². The highest BCUT2D eigenvalue weighted by Gasteiger charge is 2.33. The molecule has 4 nitrogen and oxygen atoms in total. The van der Waals surface area contributed by atoms with Crippen LogP contribution in [0.4, 0.5) is 0 Å².